The number of alkyl halides is 3. The van der Waals surface area contributed by atoms with Gasteiger partial charge in [-0.1, -0.05) is 0 Å². The standard InChI is InChI=1S/C13H14F3N3O/c1-19(7-12(8-20)4-5-12)11-9(6-17)2-3-10(18-11)13(14,15)16/h2-3,20H,4-5,7-8H2,1H3. The molecule has 0 amide bonds. The van der Waals surface area contributed by atoms with Gasteiger partial charge in [0, 0.05) is 19.0 Å². The molecule has 1 saturated carbocycles. The van der Waals surface area contributed by atoms with Crippen molar-refractivity contribution in [3.8, 4) is 6.07 Å². The molecule has 0 aliphatic heterocycles. The maximum absolute atomic E-state index is 12.7. The van der Waals surface area contributed by atoms with Gasteiger partial charge in [0.25, 0.3) is 0 Å². The van der Waals surface area contributed by atoms with Crippen molar-refractivity contribution in [2.24, 2.45) is 5.41 Å². The van der Waals surface area contributed by atoms with Crippen molar-refractivity contribution in [2.75, 3.05) is 25.1 Å². The lowest BCUT2D eigenvalue weighted by Crippen LogP contribution is -2.30. The Hall–Kier alpha value is -1.81. The number of aliphatic hydroxyl groups excluding tert-OH is 1. The minimum absolute atomic E-state index is 0.00190. The van der Waals surface area contributed by atoms with Crippen molar-refractivity contribution >= 4 is 5.82 Å². The fourth-order valence-electron chi connectivity index (χ4n) is 2.11. The van der Waals surface area contributed by atoms with Crippen LogP contribution in [0.4, 0.5) is 19.0 Å². The van der Waals surface area contributed by atoms with Crippen LogP contribution in [0.2, 0.25) is 0 Å². The molecule has 7 heteroatoms. The van der Waals surface area contributed by atoms with Gasteiger partial charge in [-0.15, -0.1) is 0 Å². The zero-order valence-electron chi connectivity index (χ0n) is 10.9. The average molecular weight is 285 g/mol. The smallest absolute Gasteiger partial charge is 0.396 e. The molecule has 1 fully saturated rings. The molecule has 0 spiro atoms. The predicted octanol–water partition coefficient (Wildman–Crippen LogP) is 2.18. The van der Waals surface area contributed by atoms with Gasteiger partial charge < -0.3 is 10.0 Å². The number of nitriles is 1. The Balaban J connectivity index is 2.31. The van der Waals surface area contributed by atoms with Crippen molar-refractivity contribution in [3.63, 3.8) is 0 Å². The fourth-order valence-corrected chi connectivity index (χ4v) is 2.11. The lowest BCUT2D eigenvalue weighted by molar-refractivity contribution is -0.141. The Bertz CT molecular complexity index is 547. The van der Waals surface area contributed by atoms with Crippen molar-refractivity contribution in [2.45, 2.75) is 19.0 Å². The van der Waals surface area contributed by atoms with Crippen LogP contribution in [0.3, 0.4) is 0 Å². The first-order chi connectivity index (χ1) is 9.31. The van der Waals surface area contributed by atoms with E-state index in [9.17, 15) is 18.3 Å². The van der Waals surface area contributed by atoms with E-state index in [0.717, 1.165) is 25.0 Å². The maximum atomic E-state index is 12.7. The lowest BCUT2D eigenvalue weighted by atomic mass is 10.1. The van der Waals surface area contributed by atoms with Crippen molar-refractivity contribution in [1.29, 1.82) is 5.26 Å². The van der Waals surface area contributed by atoms with E-state index >= 15 is 0 Å². The SMILES string of the molecule is CN(CC1(CO)CC1)c1nc(C(F)(F)F)ccc1C#N. The highest BCUT2D eigenvalue weighted by Gasteiger charge is 2.43. The Labute approximate surface area is 114 Å². The van der Waals surface area contributed by atoms with E-state index in [1.807, 2.05) is 6.07 Å². The number of nitrogens with zero attached hydrogens (tertiary/aromatic N) is 3. The summed E-state index contributed by atoms with van der Waals surface area (Å²) in [6.07, 6.45) is -2.89. The lowest BCUT2D eigenvalue weighted by Gasteiger charge is -2.24. The second-order valence-electron chi connectivity index (χ2n) is 5.19. The summed E-state index contributed by atoms with van der Waals surface area (Å²) < 4.78 is 38.0. The summed E-state index contributed by atoms with van der Waals surface area (Å²) in [4.78, 5) is 5.07. The summed E-state index contributed by atoms with van der Waals surface area (Å²) in [5.41, 5.74) is -1.20. The number of anilines is 1. The minimum atomic E-state index is -4.54. The molecule has 0 atom stereocenters. The third-order valence-corrected chi connectivity index (χ3v) is 3.51. The first-order valence-electron chi connectivity index (χ1n) is 6.12. The number of hydrogen-bond acceptors (Lipinski definition) is 4. The third-order valence-electron chi connectivity index (χ3n) is 3.51. The van der Waals surface area contributed by atoms with E-state index in [2.05, 4.69) is 4.98 Å². The number of aliphatic hydroxyl groups is 1. The van der Waals surface area contributed by atoms with Gasteiger partial charge in [-0.2, -0.15) is 18.4 Å². The van der Waals surface area contributed by atoms with Crippen LogP contribution >= 0.6 is 0 Å². The van der Waals surface area contributed by atoms with Crippen LogP contribution in [0, 0.1) is 16.7 Å². The molecular formula is C13H14F3N3O. The van der Waals surface area contributed by atoms with Gasteiger partial charge in [-0.25, -0.2) is 4.98 Å². The van der Waals surface area contributed by atoms with Crippen molar-refractivity contribution in [3.05, 3.63) is 23.4 Å². The van der Waals surface area contributed by atoms with Crippen LogP contribution in [0.5, 0.6) is 0 Å². The van der Waals surface area contributed by atoms with Crippen LogP contribution in [-0.4, -0.2) is 30.3 Å². The van der Waals surface area contributed by atoms with Gasteiger partial charge >= 0.3 is 6.18 Å². The second kappa shape index (κ2) is 4.94. The topological polar surface area (TPSA) is 60.1 Å². The highest BCUT2D eigenvalue weighted by atomic mass is 19.4. The summed E-state index contributed by atoms with van der Waals surface area (Å²) >= 11 is 0. The zero-order valence-corrected chi connectivity index (χ0v) is 10.9. The number of aromatic nitrogens is 1. The van der Waals surface area contributed by atoms with Crippen LogP contribution < -0.4 is 4.90 Å². The van der Waals surface area contributed by atoms with E-state index in [-0.39, 0.29) is 23.4 Å². The summed E-state index contributed by atoms with van der Waals surface area (Å²) in [6.45, 7) is 0.366. The first kappa shape index (κ1) is 14.6. The van der Waals surface area contributed by atoms with Gasteiger partial charge in [0.15, 0.2) is 0 Å². The van der Waals surface area contributed by atoms with Crippen molar-refractivity contribution in [1.82, 2.24) is 4.98 Å². The predicted molar refractivity (Wildman–Crippen MR) is 66.0 cm³/mol. The van der Waals surface area contributed by atoms with Gasteiger partial charge in [0.1, 0.15) is 17.6 Å². The van der Waals surface area contributed by atoms with E-state index in [0.29, 0.717) is 6.54 Å². The molecule has 1 aliphatic rings. The van der Waals surface area contributed by atoms with Gasteiger partial charge in [0.05, 0.1) is 12.2 Å². The van der Waals surface area contributed by atoms with Crippen LogP contribution in [0.25, 0.3) is 0 Å². The Morgan fingerprint density at radius 2 is 2.10 bits per heavy atom. The van der Waals surface area contributed by atoms with Crippen LogP contribution in [0.1, 0.15) is 24.1 Å². The molecule has 0 aromatic carbocycles. The quantitative estimate of drug-likeness (QED) is 0.921. The highest BCUT2D eigenvalue weighted by Crippen LogP contribution is 2.46. The highest BCUT2D eigenvalue weighted by molar-refractivity contribution is 5.54. The monoisotopic (exact) mass is 285 g/mol. The molecule has 1 aromatic heterocycles. The summed E-state index contributed by atoms with van der Waals surface area (Å²) in [5, 5.41) is 18.3. The van der Waals surface area contributed by atoms with Crippen LogP contribution in [0.15, 0.2) is 12.1 Å². The molecule has 1 aliphatic carbocycles. The van der Waals surface area contributed by atoms with Gasteiger partial charge in [-0.05, 0) is 25.0 Å². The Morgan fingerprint density at radius 3 is 2.55 bits per heavy atom. The maximum Gasteiger partial charge on any atom is 0.433 e. The summed E-state index contributed by atoms with van der Waals surface area (Å²) in [6, 6.07) is 3.77. The molecule has 0 unspecified atom stereocenters. The molecule has 1 heterocycles. The largest absolute Gasteiger partial charge is 0.433 e. The summed E-state index contributed by atoms with van der Waals surface area (Å²) in [5.74, 6) is 0.00190. The average Bonchev–Trinajstić information content (AvgIpc) is 3.17. The third kappa shape index (κ3) is 2.85. The normalized spacial score (nSPS) is 16.6. The van der Waals surface area contributed by atoms with E-state index in [1.54, 1.807) is 7.05 Å². The molecule has 1 aromatic rings. The number of halogens is 3. The first-order valence-corrected chi connectivity index (χ1v) is 6.12. The Morgan fingerprint density at radius 1 is 1.45 bits per heavy atom. The van der Waals surface area contributed by atoms with Gasteiger partial charge in [0.2, 0.25) is 0 Å². The molecule has 0 bridgehead atoms. The van der Waals surface area contributed by atoms with Crippen molar-refractivity contribution < 1.29 is 18.3 Å². The van der Waals surface area contributed by atoms with E-state index in [1.165, 1.54) is 4.90 Å². The molecule has 108 valence electrons. The van der Waals surface area contributed by atoms with Gasteiger partial charge in [-0.3, -0.25) is 0 Å². The fraction of sp³-hybridized carbons (Fsp3) is 0.538. The van der Waals surface area contributed by atoms with Crippen LogP contribution in [-0.2, 0) is 6.18 Å². The molecule has 1 N–H and O–H groups in total. The number of hydrogen-bond donors (Lipinski definition) is 1. The molecule has 0 radical (unpaired) electrons. The number of rotatable bonds is 4. The van der Waals surface area contributed by atoms with E-state index in [4.69, 9.17) is 5.26 Å². The molecule has 2 rings (SSSR count). The Kier molecular flexibility index (Phi) is 3.61. The molecule has 4 nitrogen and oxygen atoms in total. The van der Waals surface area contributed by atoms with E-state index < -0.39 is 11.9 Å². The zero-order chi connectivity index (χ0) is 15.0. The molecule has 20 heavy (non-hydrogen) atoms. The second-order valence-corrected chi connectivity index (χ2v) is 5.19. The number of pyridine rings is 1. The molecular weight excluding hydrogens is 271 g/mol. The summed E-state index contributed by atoms with van der Waals surface area (Å²) in [7, 11) is 1.58. The molecule has 0 saturated heterocycles. The minimum Gasteiger partial charge on any atom is -0.396 e.